The molecule has 6 heteroatoms. The van der Waals surface area contributed by atoms with Gasteiger partial charge in [-0.3, -0.25) is 9.48 Å². The summed E-state index contributed by atoms with van der Waals surface area (Å²) >= 11 is 0. The van der Waals surface area contributed by atoms with Gasteiger partial charge in [-0.2, -0.15) is 5.10 Å². The molecule has 1 aromatic heterocycles. The molecule has 0 aliphatic rings. The standard InChI is InChI=1S/C21H21F2N3O/c1-14-3-5-16(6-4-14)21-17(13-26(2)25-21)7-8-20(27)24-12-15-9-18(22)11-19(23)10-15/h3-6,9-11,13H,7-8,12H2,1-2H3,(H,24,27). The Morgan fingerprint density at radius 1 is 1.11 bits per heavy atom. The van der Waals surface area contributed by atoms with Crippen LogP contribution in [0.2, 0.25) is 0 Å². The number of benzene rings is 2. The second-order valence-electron chi connectivity index (χ2n) is 6.60. The van der Waals surface area contributed by atoms with Gasteiger partial charge in [0.05, 0.1) is 5.69 Å². The molecule has 0 unspecified atom stereocenters. The van der Waals surface area contributed by atoms with Gasteiger partial charge < -0.3 is 5.32 Å². The Morgan fingerprint density at radius 3 is 2.44 bits per heavy atom. The number of halogens is 2. The maximum Gasteiger partial charge on any atom is 0.220 e. The van der Waals surface area contributed by atoms with E-state index in [0.717, 1.165) is 22.9 Å². The average molecular weight is 369 g/mol. The Kier molecular flexibility index (Phi) is 5.64. The van der Waals surface area contributed by atoms with Gasteiger partial charge in [0.25, 0.3) is 0 Å². The third-order valence-electron chi connectivity index (χ3n) is 4.26. The lowest BCUT2D eigenvalue weighted by Crippen LogP contribution is -2.23. The van der Waals surface area contributed by atoms with Crippen LogP contribution in [0, 0.1) is 18.6 Å². The van der Waals surface area contributed by atoms with E-state index in [2.05, 4.69) is 10.4 Å². The van der Waals surface area contributed by atoms with Crippen LogP contribution in [-0.4, -0.2) is 15.7 Å². The molecule has 0 aliphatic carbocycles. The minimum atomic E-state index is -0.655. The maximum atomic E-state index is 13.2. The fourth-order valence-electron chi connectivity index (χ4n) is 2.93. The summed E-state index contributed by atoms with van der Waals surface area (Å²) in [7, 11) is 1.85. The second kappa shape index (κ2) is 8.12. The van der Waals surface area contributed by atoms with Crippen molar-refractivity contribution in [3.05, 3.63) is 77.0 Å². The Morgan fingerprint density at radius 2 is 1.78 bits per heavy atom. The zero-order chi connectivity index (χ0) is 19.4. The molecule has 2 aromatic carbocycles. The molecule has 3 rings (SSSR count). The smallest absolute Gasteiger partial charge is 0.220 e. The topological polar surface area (TPSA) is 46.9 Å². The minimum absolute atomic E-state index is 0.0887. The zero-order valence-electron chi connectivity index (χ0n) is 15.3. The van der Waals surface area contributed by atoms with Crippen LogP contribution in [0.15, 0.2) is 48.7 Å². The molecule has 27 heavy (non-hydrogen) atoms. The Bertz CT molecular complexity index is 928. The number of hydrogen-bond acceptors (Lipinski definition) is 2. The molecule has 1 N–H and O–H groups in total. The summed E-state index contributed by atoms with van der Waals surface area (Å²) in [6.45, 7) is 2.11. The average Bonchev–Trinajstić information content (AvgIpc) is 2.99. The molecule has 0 fully saturated rings. The Labute approximate surface area is 156 Å². The lowest BCUT2D eigenvalue weighted by atomic mass is 10.0. The number of nitrogens with zero attached hydrogens (tertiary/aromatic N) is 2. The van der Waals surface area contributed by atoms with Gasteiger partial charge in [-0.15, -0.1) is 0 Å². The number of carbonyl (C=O) groups excluding carboxylic acids is 1. The largest absolute Gasteiger partial charge is 0.352 e. The lowest BCUT2D eigenvalue weighted by molar-refractivity contribution is -0.121. The van der Waals surface area contributed by atoms with Crippen molar-refractivity contribution in [2.24, 2.45) is 7.05 Å². The van der Waals surface area contributed by atoms with Crippen LogP contribution in [0.4, 0.5) is 8.78 Å². The molecule has 0 spiro atoms. The van der Waals surface area contributed by atoms with Crippen LogP contribution in [-0.2, 0) is 24.8 Å². The number of hydrogen-bond donors (Lipinski definition) is 1. The fourth-order valence-corrected chi connectivity index (χ4v) is 2.93. The van der Waals surface area contributed by atoms with Gasteiger partial charge in [-0.1, -0.05) is 29.8 Å². The molecule has 0 bridgehead atoms. The Hall–Kier alpha value is -3.02. The van der Waals surface area contributed by atoms with Crippen molar-refractivity contribution in [3.63, 3.8) is 0 Å². The van der Waals surface area contributed by atoms with Crippen LogP contribution < -0.4 is 5.32 Å². The van der Waals surface area contributed by atoms with Crippen molar-refractivity contribution < 1.29 is 13.6 Å². The van der Waals surface area contributed by atoms with E-state index >= 15 is 0 Å². The summed E-state index contributed by atoms with van der Waals surface area (Å²) in [5.41, 5.74) is 4.41. The molecule has 3 aromatic rings. The first kappa shape index (κ1) is 18.8. The SMILES string of the molecule is Cc1ccc(-c2nn(C)cc2CCC(=O)NCc2cc(F)cc(F)c2)cc1. The van der Waals surface area contributed by atoms with Crippen molar-refractivity contribution in [2.75, 3.05) is 0 Å². The third-order valence-corrected chi connectivity index (χ3v) is 4.26. The molecule has 1 heterocycles. The van der Waals surface area contributed by atoms with Gasteiger partial charge in [0.2, 0.25) is 5.91 Å². The van der Waals surface area contributed by atoms with Gasteiger partial charge in [0.15, 0.2) is 0 Å². The first-order valence-electron chi connectivity index (χ1n) is 8.72. The number of rotatable bonds is 6. The number of carbonyl (C=O) groups is 1. The third kappa shape index (κ3) is 5.00. The minimum Gasteiger partial charge on any atom is -0.352 e. The number of nitrogens with one attached hydrogen (secondary N) is 1. The molecule has 0 saturated carbocycles. The first-order chi connectivity index (χ1) is 12.9. The zero-order valence-corrected chi connectivity index (χ0v) is 15.3. The molecule has 140 valence electrons. The van der Waals surface area contributed by atoms with E-state index in [-0.39, 0.29) is 18.9 Å². The number of aromatic nitrogens is 2. The predicted octanol–water partition coefficient (Wildman–Crippen LogP) is 3.92. The predicted molar refractivity (Wildman–Crippen MR) is 99.9 cm³/mol. The summed E-state index contributed by atoms with van der Waals surface area (Å²) in [5.74, 6) is -1.49. The molecular weight excluding hydrogens is 348 g/mol. The second-order valence-corrected chi connectivity index (χ2v) is 6.60. The van der Waals surface area contributed by atoms with Crippen molar-refractivity contribution in [1.29, 1.82) is 0 Å². The van der Waals surface area contributed by atoms with Crippen LogP contribution in [0.3, 0.4) is 0 Å². The maximum absolute atomic E-state index is 13.2. The van der Waals surface area contributed by atoms with Gasteiger partial charge >= 0.3 is 0 Å². The van der Waals surface area contributed by atoms with E-state index < -0.39 is 11.6 Å². The van der Waals surface area contributed by atoms with E-state index in [9.17, 15) is 13.6 Å². The van der Waals surface area contributed by atoms with Gasteiger partial charge in [0.1, 0.15) is 11.6 Å². The summed E-state index contributed by atoms with van der Waals surface area (Å²) in [5, 5.41) is 7.20. The monoisotopic (exact) mass is 369 g/mol. The van der Waals surface area contributed by atoms with Crippen LogP contribution in [0.1, 0.15) is 23.1 Å². The highest BCUT2D eigenvalue weighted by Crippen LogP contribution is 2.23. The van der Waals surface area contributed by atoms with Crippen LogP contribution in [0.25, 0.3) is 11.3 Å². The highest BCUT2D eigenvalue weighted by atomic mass is 19.1. The van der Waals surface area contributed by atoms with E-state index in [1.807, 2.05) is 44.4 Å². The fraction of sp³-hybridized carbons (Fsp3) is 0.238. The Balaban J connectivity index is 1.61. The normalized spacial score (nSPS) is 10.8. The number of aryl methyl sites for hydroxylation is 3. The van der Waals surface area contributed by atoms with E-state index in [1.165, 1.54) is 17.7 Å². The van der Waals surface area contributed by atoms with E-state index in [4.69, 9.17) is 0 Å². The highest BCUT2D eigenvalue weighted by Gasteiger charge is 2.12. The van der Waals surface area contributed by atoms with Crippen LogP contribution >= 0.6 is 0 Å². The summed E-state index contributed by atoms with van der Waals surface area (Å²) in [4.78, 5) is 12.1. The summed E-state index contributed by atoms with van der Waals surface area (Å²) in [6, 6.07) is 11.3. The van der Waals surface area contributed by atoms with Gasteiger partial charge in [0, 0.05) is 37.8 Å². The van der Waals surface area contributed by atoms with Crippen molar-refractivity contribution in [1.82, 2.24) is 15.1 Å². The lowest BCUT2D eigenvalue weighted by Gasteiger charge is -2.06. The first-order valence-corrected chi connectivity index (χ1v) is 8.72. The summed E-state index contributed by atoms with van der Waals surface area (Å²) in [6.07, 6.45) is 2.70. The van der Waals surface area contributed by atoms with Crippen molar-refractivity contribution in [3.8, 4) is 11.3 Å². The molecule has 0 saturated heterocycles. The highest BCUT2D eigenvalue weighted by molar-refractivity contribution is 5.76. The van der Waals surface area contributed by atoms with Gasteiger partial charge in [-0.25, -0.2) is 8.78 Å². The molecule has 0 atom stereocenters. The van der Waals surface area contributed by atoms with E-state index in [0.29, 0.717) is 12.0 Å². The quantitative estimate of drug-likeness (QED) is 0.716. The molecule has 0 aliphatic heterocycles. The molecule has 1 amide bonds. The molecule has 0 radical (unpaired) electrons. The van der Waals surface area contributed by atoms with Gasteiger partial charge in [-0.05, 0) is 36.6 Å². The van der Waals surface area contributed by atoms with E-state index in [1.54, 1.807) is 4.68 Å². The van der Waals surface area contributed by atoms with Crippen molar-refractivity contribution in [2.45, 2.75) is 26.3 Å². The molecular formula is C21H21F2N3O. The summed E-state index contributed by atoms with van der Waals surface area (Å²) < 4.78 is 28.1. The van der Waals surface area contributed by atoms with Crippen molar-refractivity contribution >= 4 is 5.91 Å². The number of amides is 1. The molecule has 4 nitrogen and oxygen atoms in total. The van der Waals surface area contributed by atoms with Crippen LogP contribution in [0.5, 0.6) is 0 Å².